The summed E-state index contributed by atoms with van der Waals surface area (Å²) in [6, 6.07) is 11.1. The Morgan fingerprint density at radius 1 is 1.19 bits per heavy atom. The molecule has 0 aliphatic heterocycles. The van der Waals surface area contributed by atoms with Gasteiger partial charge in [-0.2, -0.15) is 5.26 Å². The number of aromatic nitrogens is 1. The van der Waals surface area contributed by atoms with Gasteiger partial charge in [-0.25, -0.2) is 4.39 Å². The van der Waals surface area contributed by atoms with Gasteiger partial charge in [-0.05, 0) is 36.4 Å². The van der Waals surface area contributed by atoms with E-state index in [9.17, 15) is 14.4 Å². The molecule has 130 valence electrons. The number of hydrogen-bond acceptors (Lipinski definition) is 4. The zero-order valence-corrected chi connectivity index (χ0v) is 14.2. The summed E-state index contributed by atoms with van der Waals surface area (Å²) in [5.74, 6) is 0.217. The Morgan fingerprint density at radius 3 is 2.69 bits per heavy atom. The Hall–Kier alpha value is -3.59. The smallest absolute Gasteiger partial charge is 0.205 e. The molecular formula is C20H15FN2O3. The Bertz CT molecular complexity index is 1060. The predicted octanol–water partition coefficient (Wildman–Crippen LogP) is 4.11. The number of methoxy groups -OCH3 is 2. The Kier molecular flexibility index (Phi) is 4.72. The van der Waals surface area contributed by atoms with E-state index in [1.807, 2.05) is 6.07 Å². The molecule has 0 atom stereocenters. The van der Waals surface area contributed by atoms with E-state index < -0.39 is 11.6 Å². The van der Waals surface area contributed by atoms with E-state index >= 15 is 0 Å². The standard InChI is InChI=1S/C20H15FN2O3/c1-25-15-5-3-12(19(9-15)26-2)7-13(10-22)20(24)17-11-23-18-8-14(21)4-6-16(17)18/h3-9,11,23H,1-2H3/b13-7-. The number of halogens is 1. The molecule has 0 spiro atoms. The number of carbonyl (C=O) groups excluding carboxylic acids is 1. The molecule has 2 aromatic carbocycles. The topological polar surface area (TPSA) is 75.1 Å². The molecule has 0 amide bonds. The summed E-state index contributed by atoms with van der Waals surface area (Å²) >= 11 is 0. The molecule has 1 N–H and O–H groups in total. The first-order chi connectivity index (χ1) is 12.6. The van der Waals surface area contributed by atoms with Gasteiger partial charge in [-0.1, -0.05) is 0 Å². The maximum atomic E-state index is 13.3. The summed E-state index contributed by atoms with van der Waals surface area (Å²) in [5.41, 5.74) is 1.32. The predicted molar refractivity (Wildman–Crippen MR) is 95.7 cm³/mol. The molecule has 6 heteroatoms. The molecule has 1 aromatic heterocycles. The highest BCUT2D eigenvalue weighted by atomic mass is 19.1. The average Bonchev–Trinajstić information content (AvgIpc) is 3.08. The Labute approximate surface area is 149 Å². The number of allylic oxidation sites excluding steroid dienone is 1. The molecule has 0 bridgehead atoms. The molecule has 0 aliphatic carbocycles. The van der Waals surface area contributed by atoms with Crippen molar-refractivity contribution in [1.29, 1.82) is 5.26 Å². The van der Waals surface area contributed by atoms with E-state index in [1.54, 1.807) is 18.2 Å². The lowest BCUT2D eigenvalue weighted by molar-refractivity contribution is 0.104. The first-order valence-corrected chi connectivity index (χ1v) is 7.72. The lowest BCUT2D eigenvalue weighted by Gasteiger charge is -2.08. The van der Waals surface area contributed by atoms with Crippen molar-refractivity contribution in [1.82, 2.24) is 4.98 Å². The van der Waals surface area contributed by atoms with Crippen LogP contribution in [0.15, 0.2) is 48.2 Å². The van der Waals surface area contributed by atoms with Crippen LogP contribution in [0.5, 0.6) is 11.5 Å². The van der Waals surface area contributed by atoms with Crippen LogP contribution in [0.3, 0.4) is 0 Å². The largest absolute Gasteiger partial charge is 0.497 e. The number of ether oxygens (including phenoxy) is 2. The minimum atomic E-state index is -0.455. The molecule has 0 saturated carbocycles. The van der Waals surface area contributed by atoms with Gasteiger partial charge in [0.1, 0.15) is 29.0 Å². The fourth-order valence-electron chi connectivity index (χ4n) is 2.67. The molecule has 5 nitrogen and oxygen atoms in total. The molecular weight excluding hydrogens is 335 g/mol. The van der Waals surface area contributed by atoms with Crippen molar-refractivity contribution in [3.8, 4) is 17.6 Å². The van der Waals surface area contributed by atoms with Crippen molar-refractivity contribution >= 4 is 22.8 Å². The van der Waals surface area contributed by atoms with Crippen LogP contribution < -0.4 is 9.47 Å². The SMILES string of the molecule is COc1ccc(/C=C(/C#N)C(=O)c2c[nH]c3cc(F)ccc23)c(OC)c1. The number of aromatic amines is 1. The molecule has 0 unspecified atom stereocenters. The number of rotatable bonds is 5. The molecule has 3 rings (SSSR count). The highest BCUT2D eigenvalue weighted by Gasteiger charge is 2.18. The molecule has 0 saturated heterocycles. The zero-order chi connectivity index (χ0) is 18.7. The number of carbonyl (C=O) groups is 1. The van der Waals surface area contributed by atoms with E-state index in [0.717, 1.165) is 0 Å². The maximum Gasteiger partial charge on any atom is 0.205 e. The number of H-pyrrole nitrogens is 1. The number of ketones is 1. The van der Waals surface area contributed by atoms with Gasteiger partial charge < -0.3 is 14.5 Å². The number of nitrogens with one attached hydrogen (secondary N) is 1. The quantitative estimate of drug-likeness (QED) is 0.427. The Morgan fingerprint density at radius 2 is 2.00 bits per heavy atom. The monoisotopic (exact) mass is 350 g/mol. The second kappa shape index (κ2) is 7.11. The van der Waals surface area contributed by atoms with Gasteiger partial charge in [0.2, 0.25) is 5.78 Å². The first-order valence-electron chi connectivity index (χ1n) is 7.72. The lowest BCUT2D eigenvalue weighted by Crippen LogP contribution is -2.01. The average molecular weight is 350 g/mol. The van der Waals surface area contributed by atoms with Gasteiger partial charge in [0.15, 0.2) is 0 Å². The van der Waals surface area contributed by atoms with Gasteiger partial charge in [0.25, 0.3) is 0 Å². The molecule has 0 aliphatic rings. The molecule has 26 heavy (non-hydrogen) atoms. The normalized spacial score (nSPS) is 11.2. The van der Waals surface area contributed by atoms with Crippen LogP contribution in [-0.4, -0.2) is 25.0 Å². The van der Waals surface area contributed by atoms with Gasteiger partial charge in [-0.15, -0.1) is 0 Å². The van der Waals surface area contributed by atoms with Crippen molar-refractivity contribution in [2.75, 3.05) is 14.2 Å². The molecule has 3 aromatic rings. The maximum absolute atomic E-state index is 13.3. The number of nitriles is 1. The number of fused-ring (bicyclic) bond motifs is 1. The van der Waals surface area contributed by atoms with E-state index in [1.165, 1.54) is 44.7 Å². The van der Waals surface area contributed by atoms with Crippen molar-refractivity contribution in [2.24, 2.45) is 0 Å². The van der Waals surface area contributed by atoms with Crippen LogP contribution >= 0.6 is 0 Å². The fraction of sp³-hybridized carbons (Fsp3) is 0.100. The van der Waals surface area contributed by atoms with Crippen molar-refractivity contribution in [3.05, 3.63) is 65.1 Å². The van der Waals surface area contributed by atoms with Crippen LogP contribution in [0.1, 0.15) is 15.9 Å². The summed E-state index contributed by atoms with van der Waals surface area (Å²) in [6.45, 7) is 0. The third-order valence-corrected chi connectivity index (χ3v) is 3.99. The molecule has 0 fully saturated rings. The van der Waals surface area contributed by atoms with E-state index in [0.29, 0.717) is 33.5 Å². The van der Waals surface area contributed by atoms with E-state index in [2.05, 4.69) is 4.98 Å². The van der Waals surface area contributed by atoms with Crippen molar-refractivity contribution in [2.45, 2.75) is 0 Å². The number of Topliss-reactive ketones (excluding diaryl/α,β-unsaturated/α-hetero) is 1. The van der Waals surface area contributed by atoms with Gasteiger partial charge in [0.05, 0.1) is 14.2 Å². The van der Waals surface area contributed by atoms with Crippen LogP contribution in [-0.2, 0) is 0 Å². The first kappa shape index (κ1) is 17.2. The van der Waals surface area contributed by atoms with Crippen molar-refractivity contribution in [3.63, 3.8) is 0 Å². The van der Waals surface area contributed by atoms with E-state index in [4.69, 9.17) is 9.47 Å². The van der Waals surface area contributed by atoms with E-state index in [-0.39, 0.29) is 5.57 Å². The number of benzene rings is 2. The second-order valence-corrected chi connectivity index (χ2v) is 5.50. The summed E-state index contributed by atoms with van der Waals surface area (Å²) < 4.78 is 23.7. The van der Waals surface area contributed by atoms with Crippen LogP contribution in [0.4, 0.5) is 4.39 Å². The third-order valence-electron chi connectivity index (χ3n) is 3.99. The minimum absolute atomic E-state index is 0.0568. The Balaban J connectivity index is 2.04. The summed E-state index contributed by atoms with van der Waals surface area (Å²) in [6.07, 6.45) is 2.94. The summed E-state index contributed by atoms with van der Waals surface area (Å²) in [4.78, 5) is 15.6. The fourth-order valence-corrected chi connectivity index (χ4v) is 2.67. The summed E-state index contributed by atoms with van der Waals surface area (Å²) in [7, 11) is 3.03. The van der Waals surface area contributed by atoms with Gasteiger partial charge >= 0.3 is 0 Å². The minimum Gasteiger partial charge on any atom is -0.497 e. The van der Waals surface area contributed by atoms with Crippen LogP contribution in [0.25, 0.3) is 17.0 Å². The third kappa shape index (κ3) is 3.15. The molecule has 0 radical (unpaired) electrons. The van der Waals surface area contributed by atoms with Crippen LogP contribution in [0, 0.1) is 17.1 Å². The number of nitrogens with zero attached hydrogens (tertiary/aromatic N) is 1. The highest BCUT2D eigenvalue weighted by molar-refractivity contribution is 6.19. The molecule has 1 heterocycles. The highest BCUT2D eigenvalue weighted by Crippen LogP contribution is 2.28. The van der Waals surface area contributed by atoms with Gasteiger partial charge in [-0.3, -0.25) is 4.79 Å². The zero-order valence-electron chi connectivity index (χ0n) is 14.2. The van der Waals surface area contributed by atoms with Crippen LogP contribution in [0.2, 0.25) is 0 Å². The lowest BCUT2D eigenvalue weighted by atomic mass is 10.0. The van der Waals surface area contributed by atoms with Gasteiger partial charge in [0, 0.05) is 34.3 Å². The number of hydrogen-bond donors (Lipinski definition) is 1. The van der Waals surface area contributed by atoms with Crippen molar-refractivity contribution < 1.29 is 18.7 Å². The summed E-state index contributed by atoms with van der Waals surface area (Å²) in [5, 5.41) is 10.0. The second-order valence-electron chi connectivity index (χ2n) is 5.50.